The van der Waals surface area contributed by atoms with Crippen molar-refractivity contribution in [3.63, 3.8) is 0 Å². The van der Waals surface area contributed by atoms with Gasteiger partial charge >= 0.3 is 0 Å². The lowest BCUT2D eigenvalue weighted by Gasteiger charge is -2.36. The molecule has 1 aliphatic rings. The number of ether oxygens (including phenoxy) is 2. The lowest BCUT2D eigenvalue weighted by Crippen LogP contribution is -2.35. The number of rotatable bonds is 7. The predicted octanol–water partition coefficient (Wildman–Crippen LogP) is 5.04. The molecule has 1 saturated heterocycles. The third-order valence-corrected chi connectivity index (χ3v) is 6.82. The summed E-state index contributed by atoms with van der Waals surface area (Å²) >= 11 is 0. The first-order valence-corrected chi connectivity index (χ1v) is 12.2. The Bertz CT molecular complexity index is 1380. The van der Waals surface area contributed by atoms with E-state index < -0.39 is 24.1 Å². The SMILES string of the molecule is Nc1ncnc2c1ncn2[C@@H]1O[C@H](COC(c2ccccc2)(c2ccccc2)c2ccccc2)C[C@@H]1F. The molecule has 6 rings (SSSR count). The standard InChI is InChI=1S/C29H26FN5O2/c30-24-16-23(37-28(24)35-19-34-25-26(31)32-18-33-27(25)35)17-36-29(20-10-4-1-5-11-20,21-12-6-2-7-13-21)22-14-8-3-9-15-22/h1-15,18-19,23-24,28H,16-17H2,(H2,31,32,33)/t23-,24-,28+/m0/s1. The van der Waals surface area contributed by atoms with Gasteiger partial charge in [-0.05, 0) is 16.7 Å². The molecular formula is C29H26FN5O2. The van der Waals surface area contributed by atoms with E-state index in [4.69, 9.17) is 15.2 Å². The zero-order chi connectivity index (χ0) is 25.2. The smallest absolute Gasteiger partial charge is 0.168 e. The molecule has 7 nitrogen and oxygen atoms in total. The number of halogens is 1. The van der Waals surface area contributed by atoms with Crippen molar-refractivity contribution in [2.24, 2.45) is 0 Å². The third kappa shape index (κ3) is 4.14. The summed E-state index contributed by atoms with van der Waals surface area (Å²) in [6.45, 7) is 0.180. The average molecular weight is 496 g/mol. The summed E-state index contributed by atoms with van der Waals surface area (Å²) in [5.41, 5.74) is 8.81. The zero-order valence-corrected chi connectivity index (χ0v) is 20.0. The molecule has 0 amide bonds. The van der Waals surface area contributed by atoms with E-state index in [1.807, 2.05) is 54.6 Å². The minimum atomic E-state index is -1.26. The summed E-state index contributed by atoms with van der Waals surface area (Å²) in [6, 6.07) is 30.2. The maximum Gasteiger partial charge on any atom is 0.168 e. The second-order valence-corrected chi connectivity index (χ2v) is 9.07. The monoisotopic (exact) mass is 495 g/mol. The van der Waals surface area contributed by atoms with Crippen LogP contribution in [0.4, 0.5) is 10.2 Å². The first kappa shape index (κ1) is 23.3. The maximum absolute atomic E-state index is 15.3. The number of aromatic nitrogens is 4. The van der Waals surface area contributed by atoms with Crippen LogP contribution in [0, 0.1) is 0 Å². The maximum atomic E-state index is 15.3. The Morgan fingerprint density at radius 3 is 2.00 bits per heavy atom. The average Bonchev–Trinajstić information content (AvgIpc) is 3.54. The van der Waals surface area contributed by atoms with Crippen molar-refractivity contribution in [1.29, 1.82) is 0 Å². The molecule has 5 aromatic rings. The van der Waals surface area contributed by atoms with Gasteiger partial charge in [0.1, 0.15) is 23.6 Å². The fraction of sp³-hybridized carbons (Fsp3) is 0.207. The highest BCUT2D eigenvalue weighted by molar-refractivity contribution is 5.81. The second kappa shape index (κ2) is 9.72. The van der Waals surface area contributed by atoms with Crippen molar-refractivity contribution in [2.75, 3.05) is 12.3 Å². The number of anilines is 1. The molecule has 2 aromatic heterocycles. The molecule has 0 spiro atoms. The van der Waals surface area contributed by atoms with Gasteiger partial charge in [0.25, 0.3) is 0 Å². The van der Waals surface area contributed by atoms with Crippen LogP contribution in [0.25, 0.3) is 11.2 Å². The van der Waals surface area contributed by atoms with E-state index in [-0.39, 0.29) is 18.8 Å². The van der Waals surface area contributed by atoms with E-state index in [1.54, 1.807) is 4.57 Å². The van der Waals surface area contributed by atoms with Gasteiger partial charge < -0.3 is 15.2 Å². The molecule has 1 aliphatic heterocycles. The number of hydrogen-bond acceptors (Lipinski definition) is 6. The molecule has 3 aromatic carbocycles. The summed E-state index contributed by atoms with van der Waals surface area (Å²) in [5, 5.41) is 0. The van der Waals surface area contributed by atoms with Crippen molar-refractivity contribution in [3.8, 4) is 0 Å². The van der Waals surface area contributed by atoms with Gasteiger partial charge in [-0.15, -0.1) is 0 Å². The number of alkyl halides is 1. The molecule has 0 unspecified atom stereocenters. The normalized spacial score (nSPS) is 19.9. The quantitative estimate of drug-likeness (QED) is 0.318. The van der Waals surface area contributed by atoms with Crippen LogP contribution < -0.4 is 5.73 Å². The highest BCUT2D eigenvalue weighted by atomic mass is 19.1. The molecule has 2 N–H and O–H groups in total. The van der Waals surface area contributed by atoms with Crippen molar-refractivity contribution in [1.82, 2.24) is 19.5 Å². The Kier molecular flexibility index (Phi) is 6.12. The Morgan fingerprint density at radius 1 is 0.865 bits per heavy atom. The molecular weight excluding hydrogens is 469 g/mol. The van der Waals surface area contributed by atoms with Crippen LogP contribution in [0.15, 0.2) is 104 Å². The summed E-state index contributed by atoms with van der Waals surface area (Å²) in [6.07, 6.45) is 0.394. The summed E-state index contributed by atoms with van der Waals surface area (Å²) in [5.74, 6) is 0.246. The van der Waals surface area contributed by atoms with E-state index in [0.717, 1.165) is 16.7 Å². The van der Waals surface area contributed by atoms with Crippen molar-refractivity contribution >= 4 is 17.0 Å². The largest absolute Gasteiger partial charge is 0.382 e. The zero-order valence-electron chi connectivity index (χ0n) is 20.0. The number of benzene rings is 3. The molecule has 0 saturated carbocycles. The Balaban J connectivity index is 1.34. The number of hydrogen-bond donors (Lipinski definition) is 1. The molecule has 0 radical (unpaired) electrons. The van der Waals surface area contributed by atoms with Gasteiger partial charge in [0, 0.05) is 6.42 Å². The fourth-order valence-corrected chi connectivity index (χ4v) is 5.10. The third-order valence-electron chi connectivity index (χ3n) is 6.82. The van der Waals surface area contributed by atoms with Crippen LogP contribution in [-0.2, 0) is 15.1 Å². The molecule has 0 bridgehead atoms. The van der Waals surface area contributed by atoms with Gasteiger partial charge in [-0.1, -0.05) is 91.0 Å². The molecule has 1 fully saturated rings. The Labute approximate surface area is 213 Å². The van der Waals surface area contributed by atoms with Crippen LogP contribution in [0.2, 0.25) is 0 Å². The van der Waals surface area contributed by atoms with E-state index in [2.05, 4.69) is 51.4 Å². The minimum absolute atomic E-state index is 0.180. The van der Waals surface area contributed by atoms with Gasteiger partial charge in [-0.3, -0.25) is 4.57 Å². The lowest BCUT2D eigenvalue weighted by molar-refractivity contribution is -0.0804. The van der Waals surface area contributed by atoms with Crippen molar-refractivity contribution < 1.29 is 13.9 Å². The summed E-state index contributed by atoms with van der Waals surface area (Å²) < 4.78 is 29.9. The Morgan fingerprint density at radius 2 is 1.43 bits per heavy atom. The van der Waals surface area contributed by atoms with Crippen molar-refractivity contribution in [3.05, 3.63) is 120 Å². The predicted molar refractivity (Wildman–Crippen MR) is 138 cm³/mol. The van der Waals surface area contributed by atoms with Gasteiger partial charge in [-0.25, -0.2) is 19.3 Å². The van der Waals surface area contributed by atoms with Crippen LogP contribution >= 0.6 is 0 Å². The van der Waals surface area contributed by atoms with E-state index in [0.29, 0.717) is 11.2 Å². The highest BCUT2D eigenvalue weighted by Crippen LogP contribution is 2.42. The fourth-order valence-electron chi connectivity index (χ4n) is 5.10. The van der Waals surface area contributed by atoms with Gasteiger partial charge in [0.2, 0.25) is 0 Å². The van der Waals surface area contributed by atoms with Gasteiger partial charge in [0.05, 0.1) is 19.0 Å². The number of imidazole rings is 1. The molecule has 8 heteroatoms. The number of nitrogen functional groups attached to an aromatic ring is 1. The molecule has 0 aliphatic carbocycles. The summed E-state index contributed by atoms with van der Waals surface area (Å²) in [7, 11) is 0. The minimum Gasteiger partial charge on any atom is -0.382 e. The van der Waals surface area contributed by atoms with Gasteiger partial charge in [0.15, 0.2) is 17.7 Å². The first-order valence-electron chi connectivity index (χ1n) is 12.2. The van der Waals surface area contributed by atoms with Crippen molar-refractivity contribution in [2.45, 2.75) is 30.5 Å². The first-order chi connectivity index (χ1) is 18.2. The molecule has 37 heavy (non-hydrogen) atoms. The van der Waals surface area contributed by atoms with Crippen LogP contribution in [-0.4, -0.2) is 38.4 Å². The second-order valence-electron chi connectivity index (χ2n) is 9.07. The highest BCUT2D eigenvalue weighted by Gasteiger charge is 2.42. The lowest BCUT2D eigenvalue weighted by atomic mass is 9.80. The molecule has 186 valence electrons. The van der Waals surface area contributed by atoms with Crippen LogP contribution in [0.1, 0.15) is 29.3 Å². The Hall–Kier alpha value is -4.14. The number of fused-ring (bicyclic) bond motifs is 1. The molecule has 3 heterocycles. The topological polar surface area (TPSA) is 88.1 Å². The van der Waals surface area contributed by atoms with E-state index in [1.165, 1.54) is 12.7 Å². The van der Waals surface area contributed by atoms with Gasteiger partial charge in [-0.2, -0.15) is 0 Å². The molecule has 3 atom stereocenters. The summed E-state index contributed by atoms with van der Waals surface area (Å²) in [4.78, 5) is 12.5. The number of nitrogens with zero attached hydrogens (tertiary/aromatic N) is 4. The van der Waals surface area contributed by atoms with E-state index >= 15 is 4.39 Å². The van der Waals surface area contributed by atoms with Crippen LogP contribution in [0.3, 0.4) is 0 Å². The van der Waals surface area contributed by atoms with Crippen LogP contribution in [0.5, 0.6) is 0 Å². The number of nitrogens with two attached hydrogens (primary N) is 1. The van der Waals surface area contributed by atoms with E-state index in [9.17, 15) is 0 Å².